The monoisotopic (exact) mass is 254 g/mol. The maximum absolute atomic E-state index is 12.8. The van der Waals surface area contributed by atoms with Gasteiger partial charge in [-0.2, -0.15) is 4.39 Å². The molecule has 13 heavy (non-hydrogen) atoms. The summed E-state index contributed by atoms with van der Waals surface area (Å²) in [5.41, 5.74) is 4.77. The molecule has 1 aromatic heterocycles. The summed E-state index contributed by atoms with van der Waals surface area (Å²) < 4.78 is 37.4. The molecule has 1 aromatic rings. The molecule has 0 aliphatic rings. The Morgan fingerprint density at radius 2 is 2.08 bits per heavy atom. The van der Waals surface area contributed by atoms with E-state index in [0.717, 1.165) is 0 Å². The Labute approximate surface area is 81.1 Å². The largest absolute Gasteiger partial charge is 0.319 e. The van der Waals surface area contributed by atoms with E-state index in [1.54, 1.807) is 0 Å². The maximum Gasteiger partial charge on any atom is 0.257 e. The summed E-state index contributed by atoms with van der Waals surface area (Å²) in [5, 5.41) is 0. The lowest BCUT2D eigenvalue weighted by atomic mass is 10.1. The highest BCUT2D eigenvalue weighted by Crippen LogP contribution is 2.22. The molecule has 1 atom stereocenters. The zero-order valence-electron chi connectivity index (χ0n) is 6.35. The molecule has 6 heteroatoms. The molecule has 2 nitrogen and oxygen atoms in total. The van der Waals surface area contributed by atoms with E-state index >= 15 is 0 Å². The van der Waals surface area contributed by atoms with Gasteiger partial charge in [-0.05, 0) is 22.0 Å². The van der Waals surface area contributed by atoms with Crippen molar-refractivity contribution >= 4 is 15.9 Å². The van der Waals surface area contributed by atoms with E-state index < -0.39 is 18.4 Å². The van der Waals surface area contributed by atoms with Crippen molar-refractivity contribution in [3.63, 3.8) is 0 Å². The number of pyridine rings is 1. The number of nitrogens with zero attached hydrogens (tertiary/aromatic N) is 1. The molecular formula is C7H6BrF3N2. The van der Waals surface area contributed by atoms with Crippen molar-refractivity contribution in [2.75, 3.05) is 0 Å². The highest BCUT2D eigenvalue weighted by molar-refractivity contribution is 9.10. The molecule has 1 unspecified atom stereocenters. The number of hydrogen-bond acceptors (Lipinski definition) is 2. The fraction of sp³-hybridized carbons (Fsp3) is 0.286. The Balaban J connectivity index is 3.05. The summed E-state index contributed by atoms with van der Waals surface area (Å²) in [6.45, 7) is 0. The Morgan fingerprint density at radius 3 is 2.62 bits per heavy atom. The summed E-state index contributed by atoms with van der Waals surface area (Å²) in [6, 6.07) is -0.441. The number of aromatic nitrogens is 1. The van der Waals surface area contributed by atoms with Gasteiger partial charge in [-0.1, -0.05) is 0 Å². The first-order chi connectivity index (χ1) is 6.02. The predicted molar refractivity (Wildman–Crippen MR) is 44.8 cm³/mol. The lowest BCUT2D eigenvalue weighted by molar-refractivity contribution is 0.114. The second-order valence-electron chi connectivity index (χ2n) is 2.39. The smallest absolute Gasteiger partial charge is 0.257 e. The maximum atomic E-state index is 12.8. The van der Waals surface area contributed by atoms with Crippen molar-refractivity contribution in [3.8, 4) is 0 Å². The van der Waals surface area contributed by atoms with Crippen LogP contribution in [0.1, 0.15) is 11.6 Å². The molecule has 0 aliphatic heterocycles. The first kappa shape index (κ1) is 10.5. The summed E-state index contributed by atoms with van der Waals surface area (Å²) in [7, 11) is 0. The zero-order chi connectivity index (χ0) is 10.0. The molecule has 0 amide bonds. The van der Waals surface area contributed by atoms with E-state index in [-0.39, 0.29) is 5.56 Å². The molecule has 0 aliphatic carbocycles. The van der Waals surface area contributed by atoms with Gasteiger partial charge < -0.3 is 5.73 Å². The number of halogens is 4. The summed E-state index contributed by atoms with van der Waals surface area (Å²) >= 11 is 2.98. The van der Waals surface area contributed by atoms with Crippen LogP contribution in [-0.4, -0.2) is 11.4 Å². The Bertz CT molecular complexity index is 306. The molecule has 0 fully saturated rings. The molecule has 1 rings (SSSR count). The van der Waals surface area contributed by atoms with Crippen LogP contribution in [0.5, 0.6) is 0 Å². The molecule has 1 heterocycles. The normalized spacial score (nSPS) is 13.4. The minimum absolute atomic E-state index is 0.288. The van der Waals surface area contributed by atoms with Crippen molar-refractivity contribution in [2.24, 2.45) is 5.73 Å². The van der Waals surface area contributed by atoms with Crippen molar-refractivity contribution < 1.29 is 13.2 Å². The standard InChI is InChI=1S/C7H6BrF3N2/c8-3-1-4(5(12)6(9)10)7(11)13-2-3/h1-2,5-6H,12H2. The topological polar surface area (TPSA) is 38.9 Å². The van der Waals surface area contributed by atoms with Crippen LogP contribution >= 0.6 is 15.9 Å². The van der Waals surface area contributed by atoms with E-state index in [2.05, 4.69) is 20.9 Å². The van der Waals surface area contributed by atoms with Gasteiger partial charge in [-0.15, -0.1) is 0 Å². The molecule has 0 saturated carbocycles. The molecule has 0 radical (unpaired) electrons. The number of hydrogen-bond donors (Lipinski definition) is 1. The SMILES string of the molecule is NC(c1cc(Br)cnc1F)C(F)F. The Hall–Kier alpha value is -0.620. The lowest BCUT2D eigenvalue weighted by Crippen LogP contribution is -2.20. The molecule has 0 aromatic carbocycles. The highest BCUT2D eigenvalue weighted by Gasteiger charge is 2.21. The lowest BCUT2D eigenvalue weighted by Gasteiger charge is -2.10. The third-order valence-corrected chi connectivity index (χ3v) is 1.90. The van der Waals surface area contributed by atoms with Gasteiger partial charge in [-0.25, -0.2) is 13.8 Å². The molecule has 0 spiro atoms. The fourth-order valence-corrected chi connectivity index (χ4v) is 1.16. The third-order valence-electron chi connectivity index (χ3n) is 1.46. The van der Waals surface area contributed by atoms with Gasteiger partial charge in [0.2, 0.25) is 5.95 Å². The van der Waals surface area contributed by atoms with Gasteiger partial charge in [0.25, 0.3) is 6.43 Å². The molecule has 0 bridgehead atoms. The van der Waals surface area contributed by atoms with Gasteiger partial charge in [0.15, 0.2) is 0 Å². The van der Waals surface area contributed by atoms with Crippen LogP contribution in [-0.2, 0) is 0 Å². The van der Waals surface area contributed by atoms with Crippen LogP contribution in [0.25, 0.3) is 0 Å². The van der Waals surface area contributed by atoms with Gasteiger partial charge in [0.1, 0.15) is 0 Å². The van der Waals surface area contributed by atoms with E-state index in [9.17, 15) is 13.2 Å². The van der Waals surface area contributed by atoms with Gasteiger partial charge in [0.05, 0.1) is 6.04 Å². The van der Waals surface area contributed by atoms with Crippen molar-refractivity contribution in [3.05, 3.63) is 28.2 Å². The zero-order valence-corrected chi connectivity index (χ0v) is 7.93. The minimum Gasteiger partial charge on any atom is -0.319 e. The summed E-state index contributed by atoms with van der Waals surface area (Å²) in [4.78, 5) is 3.26. The molecule has 2 N–H and O–H groups in total. The molecule has 72 valence electrons. The van der Waals surface area contributed by atoms with E-state index in [1.165, 1.54) is 12.3 Å². The highest BCUT2D eigenvalue weighted by atomic mass is 79.9. The van der Waals surface area contributed by atoms with Crippen LogP contribution in [0.4, 0.5) is 13.2 Å². The Kier molecular flexibility index (Phi) is 3.27. The predicted octanol–water partition coefficient (Wildman–Crippen LogP) is 2.25. The van der Waals surface area contributed by atoms with Crippen LogP contribution in [0.2, 0.25) is 0 Å². The van der Waals surface area contributed by atoms with Crippen molar-refractivity contribution in [1.29, 1.82) is 0 Å². The number of alkyl halides is 2. The van der Waals surface area contributed by atoms with Crippen molar-refractivity contribution in [1.82, 2.24) is 4.98 Å². The minimum atomic E-state index is -2.80. The second kappa shape index (κ2) is 4.06. The molecular weight excluding hydrogens is 249 g/mol. The van der Waals surface area contributed by atoms with Crippen LogP contribution < -0.4 is 5.73 Å². The number of rotatable bonds is 2. The first-order valence-electron chi connectivity index (χ1n) is 3.37. The van der Waals surface area contributed by atoms with E-state index in [1.807, 2.05) is 0 Å². The van der Waals surface area contributed by atoms with Crippen LogP contribution in [0.15, 0.2) is 16.7 Å². The summed E-state index contributed by atoms with van der Waals surface area (Å²) in [5.74, 6) is -0.962. The average Bonchev–Trinajstić information content (AvgIpc) is 2.08. The van der Waals surface area contributed by atoms with Gasteiger partial charge in [-0.3, -0.25) is 0 Å². The fourth-order valence-electron chi connectivity index (χ4n) is 0.808. The number of nitrogens with two attached hydrogens (primary N) is 1. The van der Waals surface area contributed by atoms with E-state index in [0.29, 0.717) is 4.47 Å². The van der Waals surface area contributed by atoms with Gasteiger partial charge >= 0.3 is 0 Å². The van der Waals surface area contributed by atoms with Gasteiger partial charge in [0, 0.05) is 16.2 Å². The van der Waals surface area contributed by atoms with E-state index in [4.69, 9.17) is 5.73 Å². The van der Waals surface area contributed by atoms with Crippen molar-refractivity contribution in [2.45, 2.75) is 12.5 Å². The van der Waals surface area contributed by atoms with Crippen LogP contribution in [0, 0.1) is 5.95 Å². The first-order valence-corrected chi connectivity index (χ1v) is 4.16. The van der Waals surface area contributed by atoms with Crippen LogP contribution in [0.3, 0.4) is 0 Å². The third kappa shape index (κ3) is 2.41. The second-order valence-corrected chi connectivity index (χ2v) is 3.31. The Morgan fingerprint density at radius 1 is 1.46 bits per heavy atom. The quantitative estimate of drug-likeness (QED) is 0.823. The summed E-state index contributed by atoms with van der Waals surface area (Å²) in [6.07, 6.45) is -1.62. The molecule has 0 saturated heterocycles. The average molecular weight is 255 g/mol.